The van der Waals surface area contributed by atoms with Crippen LogP contribution < -0.4 is 10.7 Å². The zero-order valence-electron chi connectivity index (χ0n) is 11.5. The number of carbonyl (C=O) groups excluding carboxylic acids is 2. The molecule has 0 spiro atoms. The topological polar surface area (TPSA) is 70.6 Å². The Hall–Kier alpha value is -1.69. The van der Waals surface area contributed by atoms with E-state index in [2.05, 4.69) is 31.8 Å². The van der Waals surface area contributed by atoms with Gasteiger partial charge >= 0.3 is 0 Å². The summed E-state index contributed by atoms with van der Waals surface area (Å²) in [5.74, 6) is -0.368. The molecule has 5 nitrogen and oxygen atoms in total. The molecule has 0 saturated carbocycles. The minimum absolute atomic E-state index is 0.218. The van der Waals surface area contributed by atoms with E-state index in [1.165, 1.54) is 6.21 Å². The van der Waals surface area contributed by atoms with E-state index in [9.17, 15) is 9.59 Å². The number of nitrogens with zero attached hydrogens (tertiary/aromatic N) is 1. The molecule has 0 fully saturated rings. The molecule has 1 rings (SSSR count). The van der Waals surface area contributed by atoms with Gasteiger partial charge in [0.05, 0.1) is 6.21 Å². The molecule has 2 amide bonds. The SMILES string of the molecule is CC(C)CNC(=O)CC(=O)N/N=C/c1ccc(Br)cc1. The largest absolute Gasteiger partial charge is 0.355 e. The highest BCUT2D eigenvalue weighted by Gasteiger charge is 2.08. The second kappa shape index (κ2) is 8.47. The van der Waals surface area contributed by atoms with Crippen LogP contribution in [0.15, 0.2) is 33.8 Å². The average Bonchev–Trinajstić information content (AvgIpc) is 2.38. The number of hydrazone groups is 1. The van der Waals surface area contributed by atoms with E-state index in [1.54, 1.807) is 0 Å². The fraction of sp³-hybridized carbons (Fsp3) is 0.357. The third-order valence-corrected chi connectivity index (χ3v) is 2.83. The monoisotopic (exact) mass is 339 g/mol. The molecule has 0 bridgehead atoms. The van der Waals surface area contributed by atoms with Crippen molar-refractivity contribution in [2.24, 2.45) is 11.0 Å². The van der Waals surface area contributed by atoms with Crippen molar-refractivity contribution in [3.63, 3.8) is 0 Å². The van der Waals surface area contributed by atoms with Gasteiger partial charge in [-0.3, -0.25) is 9.59 Å². The first kappa shape index (κ1) is 16.4. The van der Waals surface area contributed by atoms with E-state index >= 15 is 0 Å². The number of benzene rings is 1. The van der Waals surface area contributed by atoms with Crippen molar-refractivity contribution in [1.82, 2.24) is 10.7 Å². The number of nitrogens with one attached hydrogen (secondary N) is 2. The van der Waals surface area contributed by atoms with Crippen molar-refractivity contribution in [3.8, 4) is 0 Å². The van der Waals surface area contributed by atoms with Crippen LogP contribution in [0.1, 0.15) is 25.8 Å². The van der Waals surface area contributed by atoms with E-state index in [-0.39, 0.29) is 12.3 Å². The number of halogens is 1. The van der Waals surface area contributed by atoms with Gasteiger partial charge in [-0.25, -0.2) is 5.43 Å². The van der Waals surface area contributed by atoms with Crippen LogP contribution >= 0.6 is 15.9 Å². The molecule has 0 saturated heterocycles. The molecule has 0 heterocycles. The van der Waals surface area contributed by atoms with Gasteiger partial charge in [-0.2, -0.15) is 5.10 Å². The van der Waals surface area contributed by atoms with Crippen molar-refractivity contribution in [2.75, 3.05) is 6.54 Å². The van der Waals surface area contributed by atoms with Crippen molar-refractivity contribution < 1.29 is 9.59 Å². The van der Waals surface area contributed by atoms with Gasteiger partial charge in [-0.05, 0) is 23.6 Å². The zero-order valence-corrected chi connectivity index (χ0v) is 13.1. The van der Waals surface area contributed by atoms with E-state index in [0.29, 0.717) is 12.5 Å². The molecule has 108 valence electrons. The Labute approximate surface area is 127 Å². The Morgan fingerprint density at radius 3 is 2.50 bits per heavy atom. The molecule has 0 aliphatic rings. The van der Waals surface area contributed by atoms with E-state index in [4.69, 9.17) is 0 Å². The van der Waals surface area contributed by atoms with Crippen LogP contribution in [0.4, 0.5) is 0 Å². The molecule has 1 aromatic carbocycles. The van der Waals surface area contributed by atoms with Gasteiger partial charge in [0, 0.05) is 11.0 Å². The van der Waals surface area contributed by atoms with Gasteiger partial charge in [0.25, 0.3) is 0 Å². The van der Waals surface area contributed by atoms with Gasteiger partial charge < -0.3 is 5.32 Å². The Bertz CT molecular complexity index is 484. The summed E-state index contributed by atoms with van der Waals surface area (Å²) in [6, 6.07) is 7.47. The van der Waals surface area contributed by atoms with E-state index in [1.807, 2.05) is 38.1 Å². The van der Waals surface area contributed by atoms with Crippen LogP contribution in [0, 0.1) is 5.92 Å². The minimum Gasteiger partial charge on any atom is -0.355 e. The first-order chi connectivity index (χ1) is 9.47. The van der Waals surface area contributed by atoms with Crippen LogP contribution in [0.2, 0.25) is 0 Å². The lowest BCUT2D eigenvalue weighted by atomic mass is 10.2. The predicted octanol–water partition coefficient (Wildman–Crippen LogP) is 2.06. The molecule has 0 aromatic heterocycles. The molecule has 0 atom stereocenters. The lowest BCUT2D eigenvalue weighted by Crippen LogP contribution is -2.32. The Morgan fingerprint density at radius 2 is 1.90 bits per heavy atom. The maximum absolute atomic E-state index is 11.4. The second-order valence-electron chi connectivity index (χ2n) is 4.72. The van der Waals surface area contributed by atoms with E-state index in [0.717, 1.165) is 10.0 Å². The average molecular weight is 340 g/mol. The number of hydrogen-bond acceptors (Lipinski definition) is 3. The van der Waals surface area contributed by atoms with E-state index < -0.39 is 5.91 Å². The van der Waals surface area contributed by atoms with Crippen LogP contribution in [0.3, 0.4) is 0 Å². The van der Waals surface area contributed by atoms with Gasteiger partial charge in [0.1, 0.15) is 6.42 Å². The number of rotatable bonds is 6. The Balaban J connectivity index is 2.32. The first-order valence-electron chi connectivity index (χ1n) is 6.31. The second-order valence-corrected chi connectivity index (χ2v) is 5.64. The van der Waals surface area contributed by atoms with Crippen molar-refractivity contribution in [3.05, 3.63) is 34.3 Å². The molecule has 0 aliphatic heterocycles. The summed E-state index contributed by atoms with van der Waals surface area (Å²) in [6.07, 6.45) is 1.31. The van der Waals surface area contributed by atoms with Crippen LogP contribution in [-0.4, -0.2) is 24.6 Å². The van der Waals surface area contributed by atoms with Gasteiger partial charge in [0.2, 0.25) is 11.8 Å². The third-order valence-electron chi connectivity index (χ3n) is 2.30. The molecular formula is C14H18BrN3O2. The number of carbonyl (C=O) groups is 2. The molecule has 0 unspecified atom stereocenters. The third kappa shape index (κ3) is 7.04. The smallest absolute Gasteiger partial charge is 0.249 e. The number of amides is 2. The van der Waals surface area contributed by atoms with Crippen LogP contribution in [0.5, 0.6) is 0 Å². The summed E-state index contributed by atoms with van der Waals surface area (Å²) in [7, 11) is 0. The molecule has 1 aromatic rings. The summed E-state index contributed by atoms with van der Waals surface area (Å²) < 4.78 is 0.973. The van der Waals surface area contributed by atoms with Crippen molar-refractivity contribution >= 4 is 34.0 Å². The maximum Gasteiger partial charge on any atom is 0.249 e. The van der Waals surface area contributed by atoms with Crippen molar-refractivity contribution in [1.29, 1.82) is 0 Å². The summed E-state index contributed by atoms with van der Waals surface area (Å²) in [5, 5.41) is 6.47. The van der Waals surface area contributed by atoms with Gasteiger partial charge in [-0.15, -0.1) is 0 Å². The number of hydrogen-bond donors (Lipinski definition) is 2. The quantitative estimate of drug-likeness (QED) is 0.473. The molecule has 20 heavy (non-hydrogen) atoms. The van der Waals surface area contributed by atoms with Gasteiger partial charge in [-0.1, -0.05) is 41.9 Å². The fourth-order valence-electron chi connectivity index (χ4n) is 1.29. The molecule has 0 radical (unpaired) electrons. The summed E-state index contributed by atoms with van der Waals surface area (Å²) in [6.45, 7) is 4.54. The Kier molecular flexibility index (Phi) is 6.93. The minimum atomic E-state index is -0.431. The lowest BCUT2D eigenvalue weighted by Gasteiger charge is -2.06. The molecule has 6 heteroatoms. The molecular weight excluding hydrogens is 322 g/mol. The van der Waals surface area contributed by atoms with Gasteiger partial charge in [0.15, 0.2) is 0 Å². The Morgan fingerprint density at radius 1 is 1.25 bits per heavy atom. The maximum atomic E-state index is 11.4. The fourth-order valence-corrected chi connectivity index (χ4v) is 1.56. The summed E-state index contributed by atoms with van der Waals surface area (Å²) in [4.78, 5) is 22.8. The normalized spacial score (nSPS) is 10.8. The zero-order chi connectivity index (χ0) is 15.0. The molecule has 2 N–H and O–H groups in total. The predicted molar refractivity (Wildman–Crippen MR) is 82.3 cm³/mol. The summed E-state index contributed by atoms with van der Waals surface area (Å²) in [5.41, 5.74) is 3.18. The first-order valence-corrected chi connectivity index (χ1v) is 7.11. The van der Waals surface area contributed by atoms with Crippen LogP contribution in [0.25, 0.3) is 0 Å². The highest BCUT2D eigenvalue weighted by molar-refractivity contribution is 9.10. The van der Waals surface area contributed by atoms with Crippen molar-refractivity contribution in [2.45, 2.75) is 20.3 Å². The lowest BCUT2D eigenvalue weighted by molar-refractivity contribution is -0.129. The van der Waals surface area contributed by atoms with Crippen LogP contribution in [-0.2, 0) is 9.59 Å². The summed E-state index contributed by atoms with van der Waals surface area (Å²) >= 11 is 3.33. The highest BCUT2D eigenvalue weighted by Crippen LogP contribution is 2.08. The molecule has 0 aliphatic carbocycles. The standard InChI is InChI=1S/C14H18BrN3O2/c1-10(2)8-16-13(19)7-14(20)18-17-9-11-3-5-12(15)6-4-11/h3-6,9-10H,7-8H2,1-2H3,(H,16,19)(H,18,20)/b17-9+. The highest BCUT2D eigenvalue weighted by atomic mass is 79.9.